The molecule has 0 bridgehead atoms. The number of fused-ring (bicyclic) bond motifs is 1. The van der Waals surface area contributed by atoms with Crippen molar-refractivity contribution in [3.05, 3.63) is 16.6 Å². The number of nitrogens with zero attached hydrogens (tertiary/aromatic N) is 2. The first kappa shape index (κ1) is 11.5. The Morgan fingerprint density at radius 2 is 2.41 bits per heavy atom. The fourth-order valence-corrected chi connectivity index (χ4v) is 4.41. The molecule has 1 aromatic rings. The maximum absolute atomic E-state index is 4.84. The highest BCUT2D eigenvalue weighted by molar-refractivity contribution is 8.13. The van der Waals surface area contributed by atoms with E-state index in [2.05, 4.69) is 17.2 Å². The smallest absolute Gasteiger partial charge is 0.157 e. The van der Waals surface area contributed by atoms with E-state index in [1.165, 1.54) is 25.0 Å². The highest BCUT2D eigenvalue weighted by atomic mass is 32.2. The average molecular weight is 267 g/mol. The predicted octanol–water partition coefficient (Wildman–Crippen LogP) is 3.07. The normalized spacial score (nSPS) is 29.6. The number of amidine groups is 1. The highest BCUT2D eigenvalue weighted by Gasteiger charge is 2.31. The van der Waals surface area contributed by atoms with Gasteiger partial charge in [-0.15, -0.1) is 11.3 Å². The maximum atomic E-state index is 4.84. The van der Waals surface area contributed by atoms with Gasteiger partial charge in [0.05, 0.1) is 12.1 Å². The van der Waals surface area contributed by atoms with E-state index in [0.717, 1.165) is 16.1 Å². The van der Waals surface area contributed by atoms with Gasteiger partial charge in [-0.2, -0.15) is 0 Å². The van der Waals surface area contributed by atoms with Crippen LogP contribution in [0.15, 0.2) is 16.6 Å². The maximum Gasteiger partial charge on any atom is 0.157 e. The molecule has 0 radical (unpaired) electrons. The van der Waals surface area contributed by atoms with Gasteiger partial charge >= 0.3 is 0 Å². The van der Waals surface area contributed by atoms with E-state index in [9.17, 15) is 0 Å². The fourth-order valence-electron chi connectivity index (χ4n) is 2.53. The molecule has 3 unspecified atom stereocenters. The lowest BCUT2D eigenvalue weighted by molar-refractivity contribution is 0.531. The quantitative estimate of drug-likeness (QED) is 0.895. The molecule has 0 spiro atoms. The van der Waals surface area contributed by atoms with Gasteiger partial charge in [0.1, 0.15) is 5.01 Å². The molecule has 17 heavy (non-hydrogen) atoms. The standard InChI is InChI=1S/C12H17N3S2/c1-8(11-13-5-6-16-11)14-12-15-10-4-2-3-9(10)7-17-12/h5-6,8-10H,2-4,7H2,1H3,(H,14,15). The van der Waals surface area contributed by atoms with Crippen LogP contribution in [0.2, 0.25) is 0 Å². The van der Waals surface area contributed by atoms with E-state index in [0.29, 0.717) is 6.04 Å². The zero-order chi connectivity index (χ0) is 11.7. The minimum absolute atomic E-state index is 0.277. The Hall–Kier alpha value is -0.550. The predicted molar refractivity (Wildman–Crippen MR) is 74.7 cm³/mol. The molecular weight excluding hydrogens is 250 g/mol. The lowest BCUT2D eigenvalue weighted by Crippen LogP contribution is -2.31. The highest BCUT2D eigenvalue weighted by Crippen LogP contribution is 2.35. The van der Waals surface area contributed by atoms with E-state index in [1.54, 1.807) is 11.3 Å². The molecular formula is C12H17N3S2. The zero-order valence-electron chi connectivity index (χ0n) is 9.93. The summed E-state index contributed by atoms with van der Waals surface area (Å²) in [6.45, 7) is 2.16. The minimum atomic E-state index is 0.277. The van der Waals surface area contributed by atoms with Crippen LogP contribution in [0, 0.1) is 5.92 Å². The number of nitrogens with one attached hydrogen (secondary N) is 1. The summed E-state index contributed by atoms with van der Waals surface area (Å²) in [6.07, 6.45) is 5.87. The van der Waals surface area contributed by atoms with Crippen LogP contribution in [0.25, 0.3) is 0 Å². The second-order valence-corrected chi connectivity index (χ2v) is 6.67. The summed E-state index contributed by atoms with van der Waals surface area (Å²) in [4.78, 5) is 9.18. The van der Waals surface area contributed by atoms with Crippen LogP contribution in [0.4, 0.5) is 0 Å². The number of hydrogen-bond acceptors (Lipinski definition) is 5. The Labute approximate surface area is 110 Å². The molecule has 3 nitrogen and oxygen atoms in total. The van der Waals surface area contributed by atoms with Crippen LogP contribution in [0.1, 0.15) is 37.2 Å². The minimum Gasteiger partial charge on any atom is -0.356 e. The molecule has 5 heteroatoms. The number of rotatable bonds is 2. The summed E-state index contributed by atoms with van der Waals surface area (Å²) in [6, 6.07) is 0.862. The lowest BCUT2D eigenvalue weighted by Gasteiger charge is -2.25. The van der Waals surface area contributed by atoms with E-state index in [-0.39, 0.29) is 6.04 Å². The van der Waals surface area contributed by atoms with Crippen molar-refractivity contribution in [2.24, 2.45) is 10.9 Å². The molecule has 2 heterocycles. The van der Waals surface area contributed by atoms with Gasteiger partial charge in [0.25, 0.3) is 0 Å². The first-order chi connectivity index (χ1) is 8.33. The molecule has 3 rings (SSSR count). The fraction of sp³-hybridized carbons (Fsp3) is 0.667. The van der Waals surface area contributed by atoms with E-state index >= 15 is 0 Å². The van der Waals surface area contributed by atoms with Crippen molar-refractivity contribution in [1.82, 2.24) is 10.3 Å². The molecule has 92 valence electrons. The number of thiazole rings is 1. The van der Waals surface area contributed by atoms with Crippen LogP contribution in [0.5, 0.6) is 0 Å². The van der Waals surface area contributed by atoms with Crippen LogP contribution >= 0.6 is 23.1 Å². The largest absolute Gasteiger partial charge is 0.356 e. The molecule has 3 atom stereocenters. The van der Waals surface area contributed by atoms with E-state index in [4.69, 9.17) is 4.99 Å². The van der Waals surface area contributed by atoms with Crippen LogP contribution < -0.4 is 5.32 Å². The lowest BCUT2D eigenvalue weighted by atomic mass is 10.1. The second kappa shape index (κ2) is 4.98. The molecule has 0 saturated heterocycles. The Kier molecular flexibility index (Phi) is 3.38. The van der Waals surface area contributed by atoms with Crippen molar-refractivity contribution in [2.75, 3.05) is 5.75 Å². The van der Waals surface area contributed by atoms with E-state index < -0.39 is 0 Å². The van der Waals surface area contributed by atoms with Crippen molar-refractivity contribution >= 4 is 28.3 Å². The van der Waals surface area contributed by atoms with Crippen molar-refractivity contribution in [2.45, 2.75) is 38.3 Å². The second-order valence-electron chi connectivity index (χ2n) is 4.74. The number of aliphatic imine (C=N–C) groups is 1. The summed E-state index contributed by atoms with van der Waals surface area (Å²) in [5.41, 5.74) is 0. The van der Waals surface area contributed by atoms with E-state index in [1.807, 2.05) is 23.3 Å². The van der Waals surface area contributed by atoms with Crippen LogP contribution in [-0.4, -0.2) is 21.9 Å². The van der Waals surface area contributed by atoms with Crippen LogP contribution in [0.3, 0.4) is 0 Å². The van der Waals surface area contributed by atoms with Gasteiger partial charge < -0.3 is 5.32 Å². The number of thioether (sulfide) groups is 1. The van der Waals surface area contributed by atoms with Crippen molar-refractivity contribution < 1.29 is 0 Å². The van der Waals surface area contributed by atoms with Gasteiger partial charge in [0, 0.05) is 17.3 Å². The van der Waals surface area contributed by atoms with Gasteiger partial charge in [-0.3, -0.25) is 4.99 Å². The molecule has 1 aromatic heterocycles. The molecule has 0 amide bonds. The SMILES string of the molecule is CC(NC1=NC2CCCC2CS1)c1nccs1. The molecule has 1 N–H and O–H groups in total. The molecule has 2 aliphatic rings. The van der Waals surface area contributed by atoms with Crippen molar-refractivity contribution in [1.29, 1.82) is 0 Å². The third kappa shape index (κ3) is 2.50. The third-order valence-corrected chi connectivity index (χ3v) is 5.55. The summed E-state index contributed by atoms with van der Waals surface area (Å²) in [5.74, 6) is 2.07. The van der Waals surface area contributed by atoms with Crippen LogP contribution in [-0.2, 0) is 0 Å². The summed E-state index contributed by atoms with van der Waals surface area (Å²) >= 11 is 3.58. The van der Waals surface area contributed by atoms with Gasteiger partial charge in [-0.1, -0.05) is 18.2 Å². The summed E-state index contributed by atoms with van der Waals surface area (Å²) in [5, 5.41) is 7.78. The number of hydrogen-bond donors (Lipinski definition) is 1. The van der Waals surface area contributed by atoms with Crippen molar-refractivity contribution in [3.8, 4) is 0 Å². The Morgan fingerprint density at radius 3 is 3.24 bits per heavy atom. The topological polar surface area (TPSA) is 37.3 Å². The summed E-state index contributed by atoms with van der Waals surface area (Å²) < 4.78 is 0. The van der Waals surface area contributed by atoms with Crippen molar-refractivity contribution in [3.63, 3.8) is 0 Å². The van der Waals surface area contributed by atoms with Gasteiger partial charge in [-0.05, 0) is 25.7 Å². The molecule has 1 saturated carbocycles. The molecule has 1 aliphatic carbocycles. The number of aromatic nitrogens is 1. The monoisotopic (exact) mass is 267 g/mol. The molecule has 1 aliphatic heterocycles. The Morgan fingerprint density at radius 1 is 1.47 bits per heavy atom. The summed E-state index contributed by atoms with van der Waals surface area (Å²) in [7, 11) is 0. The third-order valence-electron chi connectivity index (χ3n) is 3.50. The van der Waals surface area contributed by atoms with Gasteiger partial charge in [0.15, 0.2) is 5.17 Å². The first-order valence-corrected chi connectivity index (χ1v) is 8.06. The van der Waals surface area contributed by atoms with Gasteiger partial charge in [0.2, 0.25) is 0 Å². The molecule has 1 fully saturated rings. The Balaban J connectivity index is 1.65. The Bertz CT molecular complexity index is 402. The van der Waals surface area contributed by atoms with Gasteiger partial charge in [-0.25, -0.2) is 4.98 Å². The molecule has 0 aromatic carbocycles. The zero-order valence-corrected chi connectivity index (χ0v) is 11.6. The average Bonchev–Trinajstić information content (AvgIpc) is 2.99. The first-order valence-electron chi connectivity index (χ1n) is 6.19.